The summed E-state index contributed by atoms with van der Waals surface area (Å²) >= 11 is 0. The van der Waals surface area contributed by atoms with Gasteiger partial charge in [-0.1, -0.05) is 42.5 Å². The lowest BCUT2D eigenvalue weighted by Gasteiger charge is -2.20. The van der Waals surface area contributed by atoms with Crippen LogP contribution in [-0.2, 0) is 24.1 Å². The van der Waals surface area contributed by atoms with Crippen LogP contribution in [0.15, 0.2) is 47.4 Å². The molecule has 1 aliphatic heterocycles. The summed E-state index contributed by atoms with van der Waals surface area (Å²) in [6.07, 6.45) is 3.40. The minimum Gasteiger partial charge on any atom is -0.464 e. The predicted molar refractivity (Wildman–Crippen MR) is 80.9 cm³/mol. The molecule has 0 aromatic heterocycles. The van der Waals surface area contributed by atoms with E-state index in [4.69, 9.17) is 4.74 Å². The summed E-state index contributed by atoms with van der Waals surface area (Å²) in [5.41, 5.74) is 0.884. The molecule has 20 heavy (non-hydrogen) atoms. The van der Waals surface area contributed by atoms with Gasteiger partial charge in [0.25, 0.3) is 0 Å². The van der Waals surface area contributed by atoms with Crippen LogP contribution < -0.4 is 0 Å². The summed E-state index contributed by atoms with van der Waals surface area (Å²) in [5, 5.41) is 2.10. The van der Waals surface area contributed by atoms with Crippen molar-refractivity contribution in [3.8, 4) is 0 Å². The summed E-state index contributed by atoms with van der Waals surface area (Å²) in [6, 6.07) is 11.7. The number of hydrogen-bond acceptors (Lipinski definition) is 4. The van der Waals surface area contributed by atoms with Crippen LogP contribution in [0.1, 0.15) is 12.5 Å². The first-order valence-electron chi connectivity index (χ1n) is 6.37. The molecule has 0 radical (unpaired) electrons. The molecule has 0 bridgehead atoms. The molecule has 0 saturated heterocycles. The van der Waals surface area contributed by atoms with E-state index in [1.165, 1.54) is 0 Å². The zero-order valence-corrected chi connectivity index (χ0v) is 11.8. The largest absolute Gasteiger partial charge is 0.464 e. The minimum atomic E-state index is -1.49. The number of carbonyl (C=O) groups excluding carboxylic acids is 1. The Bertz CT molecular complexity index is 812. The number of esters is 1. The Hall–Kier alpha value is -2.07. The Morgan fingerprint density at radius 3 is 2.55 bits per heavy atom. The molecule has 3 rings (SSSR count). The van der Waals surface area contributed by atoms with Crippen molar-refractivity contribution >= 4 is 38.1 Å². The second-order valence-corrected chi connectivity index (χ2v) is 5.84. The smallest absolute Gasteiger partial charge is 0.314 e. The monoisotopic (exact) mass is 285 g/mol. The lowest BCUT2D eigenvalue weighted by Crippen LogP contribution is -2.19. The lowest BCUT2D eigenvalue weighted by molar-refractivity contribution is -0.134. The van der Waals surface area contributed by atoms with Crippen LogP contribution in [0.2, 0.25) is 0 Å². The van der Waals surface area contributed by atoms with Crippen LogP contribution in [0.4, 0.5) is 0 Å². The van der Waals surface area contributed by atoms with Crippen LogP contribution in [-0.4, -0.2) is 17.4 Å². The molecule has 2 aromatic rings. The Balaban J connectivity index is 2.19. The molecule has 2 aromatic carbocycles. The van der Waals surface area contributed by atoms with Gasteiger partial charge >= 0.3 is 5.97 Å². The molecule has 1 aliphatic rings. The Morgan fingerprint density at radius 2 is 1.85 bits per heavy atom. The van der Waals surface area contributed by atoms with Gasteiger partial charge in [0, 0.05) is 0 Å². The SMILES string of the molecule is CCOC(=O)C1=[S-](=O)c2cc3ccccc3cc2C=C1. The highest BCUT2D eigenvalue weighted by molar-refractivity contribution is 7.87. The number of carbonyl (C=O) groups is 1. The number of hydrogen-bond donors (Lipinski definition) is 0. The molecule has 4 heteroatoms. The van der Waals surface area contributed by atoms with Gasteiger partial charge < -0.3 is 8.95 Å². The summed E-state index contributed by atoms with van der Waals surface area (Å²) in [4.78, 5) is 12.6. The molecule has 0 N–H and O–H groups in total. The van der Waals surface area contributed by atoms with Crippen LogP contribution in [0, 0.1) is 0 Å². The molecule has 0 spiro atoms. The first-order chi connectivity index (χ1) is 9.70. The van der Waals surface area contributed by atoms with Gasteiger partial charge in [-0.3, -0.25) is 0 Å². The van der Waals surface area contributed by atoms with E-state index in [9.17, 15) is 9.00 Å². The van der Waals surface area contributed by atoms with Crippen LogP contribution >= 0.6 is 0 Å². The second-order valence-electron chi connectivity index (χ2n) is 4.42. The molecule has 1 heterocycles. The van der Waals surface area contributed by atoms with Crippen molar-refractivity contribution < 1.29 is 13.7 Å². The fourth-order valence-electron chi connectivity index (χ4n) is 2.22. The van der Waals surface area contributed by atoms with E-state index in [1.54, 1.807) is 13.0 Å². The van der Waals surface area contributed by atoms with E-state index in [-0.39, 0.29) is 11.5 Å². The third kappa shape index (κ3) is 2.12. The van der Waals surface area contributed by atoms with Gasteiger partial charge in [0.15, 0.2) is 0 Å². The summed E-state index contributed by atoms with van der Waals surface area (Å²) < 4.78 is 17.4. The summed E-state index contributed by atoms with van der Waals surface area (Å²) in [5.74, 6) is -0.513. The maximum atomic E-state index is 12.5. The maximum Gasteiger partial charge on any atom is 0.314 e. The van der Waals surface area contributed by atoms with Gasteiger partial charge in [-0.25, -0.2) is 15.2 Å². The average Bonchev–Trinajstić information content (AvgIpc) is 2.46. The molecular formula is C16H13O3S-. The van der Waals surface area contributed by atoms with E-state index >= 15 is 0 Å². The molecule has 0 unspecified atom stereocenters. The van der Waals surface area contributed by atoms with Gasteiger partial charge in [-0.15, -0.1) is 4.90 Å². The number of benzene rings is 2. The molecule has 0 amide bonds. The highest BCUT2D eigenvalue weighted by Crippen LogP contribution is 2.25. The second kappa shape index (κ2) is 5.13. The molecule has 102 valence electrons. The van der Waals surface area contributed by atoms with Crippen molar-refractivity contribution in [2.75, 3.05) is 6.61 Å². The van der Waals surface area contributed by atoms with E-state index in [0.29, 0.717) is 4.90 Å². The number of fused-ring (bicyclic) bond motifs is 2. The number of rotatable bonds is 2. The zero-order valence-electron chi connectivity index (χ0n) is 11.0. The normalized spacial score (nSPS) is 14.3. The Labute approximate surface area is 118 Å². The molecule has 0 atom stereocenters. The van der Waals surface area contributed by atoms with Gasteiger partial charge in [0.2, 0.25) is 0 Å². The standard InChI is InChI=1S/C16H13O3S/c1-2-19-16(17)14-8-7-13-9-11-5-3-4-6-12(11)10-15(13)20(14)18/h3-10H,2H2,1H3/q-1. The molecule has 0 aliphatic carbocycles. The van der Waals surface area contributed by atoms with Crippen molar-refractivity contribution in [3.63, 3.8) is 0 Å². The molecular weight excluding hydrogens is 272 g/mol. The van der Waals surface area contributed by atoms with Crippen molar-refractivity contribution in [3.05, 3.63) is 48.0 Å². The third-order valence-electron chi connectivity index (χ3n) is 3.17. The fourth-order valence-corrected chi connectivity index (χ4v) is 3.43. The molecule has 3 nitrogen and oxygen atoms in total. The van der Waals surface area contributed by atoms with Crippen LogP contribution in [0.25, 0.3) is 16.8 Å². The van der Waals surface area contributed by atoms with Crippen molar-refractivity contribution in [1.82, 2.24) is 0 Å². The summed E-state index contributed by atoms with van der Waals surface area (Å²) in [6.45, 7) is 2.01. The van der Waals surface area contributed by atoms with Crippen molar-refractivity contribution in [2.24, 2.45) is 0 Å². The Morgan fingerprint density at radius 1 is 1.15 bits per heavy atom. The van der Waals surface area contributed by atoms with Crippen LogP contribution in [0.5, 0.6) is 0 Å². The van der Waals surface area contributed by atoms with Gasteiger partial charge in [0.05, 0.1) is 6.61 Å². The van der Waals surface area contributed by atoms with Gasteiger partial charge in [-0.2, -0.15) is 0 Å². The predicted octanol–water partition coefficient (Wildman–Crippen LogP) is 2.92. The maximum absolute atomic E-state index is 12.5. The van der Waals surface area contributed by atoms with E-state index in [2.05, 4.69) is 0 Å². The molecule has 0 saturated carbocycles. The minimum absolute atomic E-state index is 0.203. The van der Waals surface area contributed by atoms with Crippen molar-refractivity contribution in [2.45, 2.75) is 11.8 Å². The van der Waals surface area contributed by atoms with E-state index in [1.807, 2.05) is 42.5 Å². The fraction of sp³-hybridized carbons (Fsp3) is 0.125. The van der Waals surface area contributed by atoms with Crippen LogP contribution in [0.3, 0.4) is 0 Å². The first kappa shape index (κ1) is 12.9. The average molecular weight is 285 g/mol. The number of ether oxygens (including phenoxy) is 1. The Kier molecular flexibility index (Phi) is 3.32. The highest BCUT2D eigenvalue weighted by atomic mass is 32.2. The summed E-state index contributed by atoms with van der Waals surface area (Å²) in [7, 11) is -1.49. The van der Waals surface area contributed by atoms with E-state index in [0.717, 1.165) is 16.3 Å². The van der Waals surface area contributed by atoms with Gasteiger partial charge in [0.1, 0.15) is 0 Å². The molecule has 0 fully saturated rings. The third-order valence-corrected chi connectivity index (χ3v) is 4.62. The van der Waals surface area contributed by atoms with Gasteiger partial charge in [-0.05, 0) is 34.2 Å². The first-order valence-corrected chi connectivity index (χ1v) is 7.52. The topological polar surface area (TPSA) is 43.4 Å². The zero-order chi connectivity index (χ0) is 14.1. The highest BCUT2D eigenvalue weighted by Gasteiger charge is 2.09. The van der Waals surface area contributed by atoms with Crippen molar-refractivity contribution in [1.29, 1.82) is 0 Å². The lowest BCUT2D eigenvalue weighted by atomic mass is 10.1. The quantitative estimate of drug-likeness (QED) is 0.484. The van der Waals surface area contributed by atoms with E-state index < -0.39 is 16.4 Å².